The van der Waals surface area contributed by atoms with Crippen molar-refractivity contribution >= 4 is 17.7 Å². The van der Waals surface area contributed by atoms with E-state index >= 15 is 0 Å². The molecule has 6 heteroatoms. The summed E-state index contributed by atoms with van der Waals surface area (Å²) in [6.07, 6.45) is 2.89. The average molecular weight is 391 g/mol. The Bertz CT molecular complexity index is 955. The van der Waals surface area contributed by atoms with Gasteiger partial charge in [0.25, 0.3) is 17.7 Å². The van der Waals surface area contributed by atoms with Crippen molar-refractivity contribution in [3.05, 3.63) is 70.8 Å². The summed E-state index contributed by atoms with van der Waals surface area (Å²) in [5.74, 6) is -0.804. The zero-order valence-electron chi connectivity index (χ0n) is 16.5. The molecule has 6 nitrogen and oxygen atoms in total. The van der Waals surface area contributed by atoms with E-state index in [-0.39, 0.29) is 36.3 Å². The minimum Gasteiger partial charge on any atom is -0.334 e. The Morgan fingerprint density at radius 3 is 2.52 bits per heavy atom. The summed E-state index contributed by atoms with van der Waals surface area (Å²) in [7, 11) is 0. The van der Waals surface area contributed by atoms with Crippen LogP contribution in [0.25, 0.3) is 0 Å². The van der Waals surface area contributed by atoms with Crippen LogP contribution in [0.15, 0.2) is 48.5 Å². The number of benzene rings is 2. The molecule has 0 saturated carbocycles. The third kappa shape index (κ3) is 3.56. The quantitative estimate of drug-likeness (QED) is 0.813. The van der Waals surface area contributed by atoms with E-state index in [1.54, 1.807) is 18.2 Å². The molecule has 2 aliphatic rings. The van der Waals surface area contributed by atoms with Gasteiger partial charge in [-0.25, -0.2) is 0 Å². The van der Waals surface area contributed by atoms with E-state index in [0.717, 1.165) is 24.8 Å². The van der Waals surface area contributed by atoms with Crippen molar-refractivity contribution < 1.29 is 14.4 Å². The number of piperidine rings is 1. The first-order chi connectivity index (χ1) is 14.0. The van der Waals surface area contributed by atoms with Crippen molar-refractivity contribution in [3.63, 3.8) is 0 Å². The fraction of sp³-hybridized carbons (Fsp3) is 0.348. The normalized spacial score (nSPS) is 20.0. The fourth-order valence-corrected chi connectivity index (χ4v) is 4.26. The molecule has 150 valence electrons. The van der Waals surface area contributed by atoms with Crippen LogP contribution in [0.4, 0.5) is 0 Å². The first-order valence-corrected chi connectivity index (χ1v) is 10.1. The number of fused-ring (bicyclic) bond motifs is 1. The molecule has 29 heavy (non-hydrogen) atoms. The van der Waals surface area contributed by atoms with Crippen LogP contribution in [-0.4, -0.2) is 46.1 Å². The smallest absolute Gasteiger partial charge is 0.261 e. The zero-order chi connectivity index (χ0) is 20.5. The Kier molecular flexibility index (Phi) is 5.20. The van der Waals surface area contributed by atoms with Gasteiger partial charge in [-0.1, -0.05) is 30.3 Å². The van der Waals surface area contributed by atoms with Gasteiger partial charge < -0.3 is 10.6 Å². The van der Waals surface area contributed by atoms with Gasteiger partial charge in [0, 0.05) is 24.2 Å². The van der Waals surface area contributed by atoms with Gasteiger partial charge in [-0.3, -0.25) is 19.3 Å². The average Bonchev–Trinajstić information content (AvgIpc) is 2.98. The summed E-state index contributed by atoms with van der Waals surface area (Å²) in [5, 5.41) is 0. The van der Waals surface area contributed by atoms with Crippen molar-refractivity contribution in [2.75, 3.05) is 6.54 Å². The number of rotatable bonds is 4. The van der Waals surface area contributed by atoms with Crippen molar-refractivity contribution in [2.24, 2.45) is 5.73 Å². The summed E-state index contributed by atoms with van der Waals surface area (Å²) in [6.45, 7) is 2.80. The standard InChI is InChI=1S/C23H25N3O3/c1-15(24)20-9-5-6-12-25(20)21(27)17-10-11-18-19(13-17)23(29)26(22(18)28)14-16-7-3-2-4-8-16/h2-4,7-8,10-11,13,15,20H,5-6,9,12,14,24H2,1H3. The summed E-state index contributed by atoms with van der Waals surface area (Å²) >= 11 is 0. The Morgan fingerprint density at radius 1 is 1.07 bits per heavy atom. The number of hydrogen-bond donors (Lipinski definition) is 1. The van der Waals surface area contributed by atoms with Gasteiger partial charge in [-0.2, -0.15) is 0 Å². The summed E-state index contributed by atoms with van der Waals surface area (Å²) < 4.78 is 0. The van der Waals surface area contributed by atoms with Crippen molar-refractivity contribution in [1.82, 2.24) is 9.80 Å². The number of carbonyl (C=O) groups is 3. The molecule has 0 aliphatic carbocycles. The molecule has 2 heterocycles. The Morgan fingerprint density at radius 2 is 1.79 bits per heavy atom. The van der Waals surface area contributed by atoms with Crippen LogP contribution in [-0.2, 0) is 6.54 Å². The van der Waals surface area contributed by atoms with Crippen LogP contribution in [0, 0.1) is 0 Å². The molecule has 0 spiro atoms. The SMILES string of the molecule is CC(N)C1CCCCN1C(=O)c1ccc2c(c1)C(=O)N(Cc1ccccc1)C2=O. The van der Waals surface area contributed by atoms with Gasteiger partial charge in [0.1, 0.15) is 0 Å². The lowest BCUT2D eigenvalue weighted by Gasteiger charge is -2.38. The number of imide groups is 1. The first kappa shape index (κ1) is 19.3. The van der Waals surface area contributed by atoms with Gasteiger partial charge >= 0.3 is 0 Å². The second-order valence-corrected chi connectivity index (χ2v) is 7.86. The highest BCUT2D eigenvalue weighted by molar-refractivity contribution is 6.22. The first-order valence-electron chi connectivity index (χ1n) is 10.1. The van der Waals surface area contributed by atoms with Crippen LogP contribution < -0.4 is 5.73 Å². The van der Waals surface area contributed by atoms with E-state index in [1.807, 2.05) is 42.2 Å². The highest BCUT2D eigenvalue weighted by Crippen LogP contribution is 2.27. The maximum absolute atomic E-state index is 13.1. The molecule has 3 amide bonds. The molecule has 2 atom stereocenters. The topological polar surface area (TPSA) is 83.7 Å². The number of nitrogens with zero attached hydrogens (tertiary/aromatic N) is 2. The summed E-state index contributed by atoms with van der Waals surface area (Å²) in [4.78, 5) is 41.8. The van der Waals surface area contributed by atoms with Crippen molar-refractivity contribution in [3.8, 4) is 0 Å². The molecule has 0 radical (unpaired) electrons. The molecule has 0 bridgehead atoms. The van der Waals surface area contributed by atoms with E-state index in [0.29, 0.717) is 23.2 Å². The molecule has 1 saturated heterocycles. The Balaban J connectivity index is 1.59. The number of carbonyl (C=O) groups excluding carboxylic acids is 3. The Labute approximate surface area is 170 Å². The summed E-state index contributed by atoms with van der Waals surface area (Å²) in [5.41, 5.74) is 8.06. The number of likely N-dealkylation sites (tertiary alicyclic amines) is 1. The predicted molar refractivity (Wildman–Crippen MR) is 109 cm³/mol. The highest BCUT2D eigenvalue weighted by atomic mass is 16.2. The third-order valence-corrected chi connectivity index (χ3v) is 5.82. The van der Waals surface area contributed by atoms with Gasteiger partial charge in [0.05, 0.1) is 17.7 Å². The van der Waals surface area contributed by atoms with Crippen LogP contribution in [0.5, 0.6) is 0 Å². The van der Waals surface area contributed by atoms with Gasteiger partial charge in [0.15, 0.2) is 0 Å². The van der Waals surface area contributed by atoms with Gasteiger partial charge in [-0.15, -0.1) is 0 Å². The largest absolute Gasteiger partial charge is 0.334 e. The van der Waals surface area contributed by atoms with Crippen LogP contribution >= 0.6 is 0 Å². The lowest BCUT2D eigenvalue weighted by atomic mass is 9.95. The van der Waals surface area contributed by atoms with Crippen molar-refractivity contribution in [2.45, 2.75) is 44.8 Å². The van der Waals surface area contributed by atoms with E-state index in [2.05, 4.69) is 0 Å². The zero-order valence-corrected chi connectivity index (χ0v) is 16.5. The maximum atomic E-state index is 13.1. The molecule has 0 aromatic heterocycles. The number of hydrogen-bond acceptors (Lipinski definition) is 4. The van der Waals surface area contributed by atoms with E-state index in [4.69, 9.17) is 5.73 Å². The molecule has 4 rings (SSSR count). The fourth-order valence-electron chi connectivity index (χ4n) is 4.26. The van der Waals surface area contributed by atoms with Crippen LogP contribution in [0.3, 0.4) is 0 Å². The Hall–Kier alpha value is -2.99. The molecular weight excluding hydrogens is 366 g/mol. The number of amides is 3. The van der Waals surface area contributed by atoms with Gasteiger partial charge in [0.2, 0.25) is 0 Å². The van der Waals surface area contributed by atoms with E-state index < -0.39 is 0 Å². The minimum absolute atomic E-state index is 0.00332. The van der Waals surface area contributed by atoms with E-state index in [1.165, 1.54) is 4.90 Å². The number of nitrogens with two attached hydrogens (primary N) is 1. The third-order valence-electron chi connectivity index (χ3n) is 5.82. The molecule has 2 aromatic carbocycles. The van der Waals surface area contributed by atoms with Crippen molar-refractivity contribution in [1.29, 1.82) is 0 Å². The second kappa shape index (κ2) is 7.79. The molecule has 2 aliphatic heterocycles. The van der Waals surface area contributed by atoms with Crippen LogP contribution in [0.1, 0.15) is 62.8 Å². The van der Waals surface area contributed by atoms with Gasteiger partial charge in [-0.05, 0) is 49.9 Å². The predicted octanol–water partition coefficient (Wildman–Crippen LogP) is 2.82. The van der Waals surface area contributed by atoms with Crippen LogP contribution in [0.2, 0.25) is 0 Å². The molecular formula is C23H25N3O3. The lowest BCUT2D eigenvalue weighted by molar-refractivity contribution is 0.0583. The highest BCUT2D eigenvalue weighted by Gasteiger charge is 2.37. The monoisotopic (exact) mass is 391 g/mol. The molecule has 1 fully saturated rings. The summed E-state index contributed by atoms with van der Waals surface area (Å²) in [6, 6.07) is 14.1. The minimum atomic E-state index is -0.356. The molecule has 2 unspecified atom stereocenters. The second-order valence-electron chi connectivity index (χ2n) is 7.86. The maximum Gasteiger partial charge on any atom is 0.261 e. The molecule has 2 aromatic rings. The lowest BCUT2D eigenvalue weighted by Crippen LogP contribution is -2.51. The van der Waals surface area contributed by atoms with E-state index in [9.17, 15) is 14.4 Å². The molecule has 2 N–H and O–H groups in total.